The molecule has 0 aliphatic carbocycles. The monoisotopic (exact) mass is 276 g/mol. The predicted octanol–water partition coefficient (Wildman–Crippen LogP) is 1.46. The van der Waals surface area contributed by atoms with Crippen molar-refractivity contribution in [2.75, 3.05) is 16.8 Å². The van der Waals surface area contributed by atoms with Crippen molar-refractivity contribution in [3.8, 4) is 0 Å². The summed E-state index contributed by atoms with van der Waals surface area (Å²) in [6, 6.07) is 3.96. The second-order valence-corrected chi connectivity index (χ2v) is 6.43. The second-order valence-electron chi connectivity index (χ2n) is 3.84. The SMILES string of the molecule is O=[N+]([O-])c1cc(Cl)ccc1NC1CS(=O)(=O)C1. The highest BCUT2D eigenvalue weighted by molar-refractivity contribution is 7.92. The van der Waals surface area contributed by atoms with Gasteiger partial charge in [-0.3, -0.25) is 10.1 Å². The van der Waals surface area contributed by atoms with E-state index in [9.17, 15) is 18.5 Å². The van der Waals surface area contributed by atoms with Crippen LogP contribution in [0.1, 0.15) is 0 Å². The number of halogens is 1. The van der Waals surface area contributed by atoms with Crippen LogP contribution in [0.3, 0.4) is 0 Å². The molecule has 1 heterocycles. The zero-order chi connectivity index (χ0) is 12.6. The van der Waals surface area contributed by atoms with Crippen LogP contribution in [0.25, 0.3) is 0 Å². The lowest BCUT2D eigenvalue weighted by atomic mass is 10.2. The molecule has 6 nitrogen and oxygen atoms in total. The standard InChI is InChI=1S/C9H9ClN2O4S/c10-6-1-2-8(9(3-6)12(13)14)11-7-4-17(15,16)5-7/h1-3,7,11H,4-5H2. The Morgan fingerprint density at radius 1 is 1.41 bits per heavy atom. The maximum absolute atomic E-state index is 11.0. The van der Waals surface area contributed by atoms with Crippen molar-refractivity contribution in [2.24, 2.45) is 0 Å². The number of nitrogens with zero attached hydrogens (tertiary/aromatic N) is 1. The Bertz CT molecular complexity index is 560. The topological polar surface area (TPSA) is 89.3 Å². The van der Waals surface area contributed by atoms with E-state index in [0.717, 1.165) is 0 Å². The van der Waals surface area contributed by atoms with Gasteiger partial charge >= 0.3 is 0 Å². The van der Waals surface area contributed by atoms with Gasteiger partial charge in [-0.25, -0.2) is 8.42 Å². The van der Waals surface area contributed by atoms with E-state index in [1.165, 1.54) is 18.2 Å². The Morgan fingerprint density at radius 3 is 2.59 bits per heavy atom. The average Bonchev–Trinajstić information content (AvgIpc) is 2.17. The van der Waals surface area contributed by atoms with Gasteiger partial charge in [0.15, 0.2) is 9.84 Å². The molecule has 92 valence electrons. The van der Waals surface area contributed by atoms with Crippen molar-refractivity contribution < 1.29 is 13.3 Å². The average molecular weight is 277 g/mol. The zero-order valence-corrected chi connectivity index (χ0v) is 10.2. The highest BCUT2D eigenvalue weighted by Gasteiger charge is 2.34. The van der Waals surface area contributed by atoms with Gasteiger partial charge in [-0.1, -0.05) is 11.6 Å². The van der Waals surface area contributed by atoms with Crippen LogP contribution in [0.5, 0.6) is 0 Å². The van der Waals surface area contributed by atoms with Crippen LogP contribution in [-0.4, -0.2) is 30.9 Å². The molecule has 0 radical (unpaired) electrons. The third-order valence-corrected chi connectivity index (χ3v) is 4.48. The first-order chi connectivity index (χ1) is 7.87. The lowest BCUT2D eigenvalue weighted by Gasteiger charge is -2.27. The van der Waals surface area contributed by atoms with Crippen molar-refractivity contribution in [1.82, 2.24) is 0 Å². The summed E-state index contributed by atoms with van der Waals surface area (Å²) in [6.45, 7) is 0. The molecule has 1 aromatic rings. The van der Waals surface area contributed by atoms with Gasteiger partial charge in [0.2, 0.25) is 0 Å². The number of hydrogen-bond acceptors (Lipinski definition) is 5. The third-order valence-electron chi connectivity index (χ3n) is 2.43. The molecule has 0 amide bonds. The smallest absolute Gasteiger partial charge is 0.293 e. The molecule has 0 unspecified atom stereocenters. The Labute approximate surface area is 103 Å². The lowest BCUT2D eigenvalue weighted by molar-refractivity contribution is -0.384. The first-order valence-corrected chi connectivity index (χ1v) is 6.98. The number of nitro groups is 1. The summed E-state index contributed by atoms with van der Waals surface area (Å²) in [6.07, 6.45) is 0. The number of nitro benzene ring substituents is 1. The van der Waals surface area contributed by atoms with E-state index in [0.29, 0.717) is 5.69 Å². The molecule has 8 heteroatoms. The number of sulfone groups is 1. The summed E-state index contributed by atoms with van der Waals surface area (Å²) >= 11 is 5.66. The third kappa shape index (κ3) is 2.67. The Kier molecular flexibility index (Phi) is 2.96. The van der Waals surface area contributed by atoms with E-state index >= 15 is 0 Å². The van der Waals surface area contributed by atoms with Crippen LogP contribution in [-0.2, 0) is 9.84 Å². The number of nitrogens with one attached hydrogen (secondary N) is 1. The minimum Gasteiger partial charge on any atom is -0.375 e. The lowest BCUT2D eigenvalue weighted by Crippen LogP contribution is -2.46. The number of benzene rings is 1. The van der Waals surface area contributed by atoms with Crippen molar-refractivity contribution in [2.45, 2.75) is 6.04 Å². The molecule has 0 spiro atoms. The van der Waals surface area contributed by atoms with Crippen LogP contribution in [0.15, 0.2) is 18.2 Å². The molecule has 2 rings (SSSR count). The molecule has 1 saturated heterocycles. The first-order valence-electron chi connectivity index (χ1n) is 4.78. The predicted molar refractivity (Wildman–Crippen MR) is 64.2 cm³/mol. The van der Waals surface area contributed by atoms with E-state index in [2.05, 4.69) is 5.32 Å². The molecule has 1 N–H and O–H groups in total. The van der Waals surface area contributed by atoms with E-state index in [-0.39, 0.29) is 28.3 Å². The quantitative estimate of drug-likeness (QED) is 0.667. The Morgan fingerprint density at radius 2 is 2.06 bits per heavy atom. The van der Waals surface area contributed by atoms with Gasteiger partial charge in [-0.05, 0) is 12.1 Å². The zero-order valence-electron chi connectivity index (χ0n) is 8.59. The van der Waals surface area contributed by atoms with Crippen LogP contribution in [0.2, 0.25) is 5.02 Å². The molecule has 0 atom stereocenters. The molecular weight excluding hydrogens is 268 g/mol. The fourth-order valence-electron chi connectivity index (χ4n) is 1.65. The fraction of sp³-hybridized carbons (Fsp3) is 0.333. The van der Waals surface area contributed by atoms with Crippen LogP contribution >= 0.6 is 11.6 Å². The summed E-state index contributed by atoms with van der Waals surface area (Å²) in [5.74, 6) is 0.0135. The van der Waals surface area contributed by atoms with Crippen molar-refractivity contribution >= 4 is 32.8 Å². The number of anilines is 1. The van der Waals surface area contributed by atoms with E-state index in [4.69, 9.17) is 11.6 Å². The molecule has 1 aromatic carbocycles. The van der Waals surface area contributed by atoms with Crippen molar-refractivity contribution in [1.29, 1.82) is 0 Å². The fourth-order valence-corrected chi connectivity index (χ4v) is 3.11. The van der Waals surface area contributed by atoms with E-state index < -0.39 is 14.8 Å². The number of rotatable bonds is 3. The minimum absolute atomic E-state index is 0.00673. The van der Waals surface area contributed by atoms with Crippen LogP contribution in [0.4, 0.5) is 11.4 Å². The van der Waals surface area contributed by atoms with Crippen LogP contribution < -0.4 is 5.32 Å². The molecule has 0 saturated carbocycles. The van der Waals surface area contributed by atoms with Gasteiger partial charge in [0, 0.05) is 11.1 Å². The second kappa shape index (κ2) is 4.15. The molecule has 1 aliphatic heterocycles. The highest BCUT2D eigenvalue weighted by atomic mass is 35.5. The van der Waals surface area contributed by atoms with Gasteiger partial charge in [0.1, 0.15) is 5.69 Å². The molecular formula is C9H9ClN2O4S. The molecule has 1 fully saturated rings. The largest absolute Gasteiger partial charge is 0.375 e. The molecule has 17 heavy (non-hydrogen) atoms. The molecule has 1 aliphatic rings. The molecule has 0 bridgehead atoms. The van der Waals surface area contributed by atoms with Gasteiger partial charge < -0.3 is 5.32 Å². The first kappa shape index (κ1) is 12.1. The minimum atomic E-state index is -2.95. The summed E-state index contributed by atoms with van der Waals surface area (Å²) < 4.78 is 21.9. The van der Waals surface area contributed by atoms with Gasteiger partial charge in [-0.2, -0.15) is 0 Å². The van der Waals surface area contributed by atoms with Crippen molar-refractivity contribution in [3.05, 3.63) is 33.3 Å². The van der Waals surface area contributed by atoms with Gasteiger partial charge in [-0.15, -0.1) is 0 Å². The van der Waals surface area contributed by atoms with Gasteiger partial charge in [0.05, 0.1) is 22.5 Å². The van der Waals surface area contributed by atoms with Gasteiger partial charge in [0.25, 0.3) is 5.69 Å². The highest BCUT2D eigenvalue weighted by Crippen LogP contribution is 2.29. The number of hydrogen-bond donors (Lipinski definition) is 1. The Balaban J connectivity index is 2.19. The van der Waals surface area contributed by atoms with E-state index in [1.807, 2.05) is 0 Å². The summed E-state index contributed by atoms with van der Waals surface area (Å²) in [5.41, 5.74) is 0.140. The Hall–Kier alpha value is -1.34. The molecule has 0 aromatic heterocycles. The summed E-state index contributed by atoms with van der Waals surface area (Å²) in [4.78, 5) is 10.2. The normalized spacial score (nSPS) is 18.4. The maximum atomic E-state index is 11.0. The van der Waals surface area contributed by atoms with E-state index in [1.54, 1.807) is 0 Å². The summed E-state index contributed by atoms with van der Waals surface area (Å²) in [5, 5.41) is 13.9. The maximum Gasteiger partial charge on any atom is 0.293 e. The summed E-state index contributed by atoms with van der Waals surface area (Å²) in [7, 11) is -2.95. The van der Waals surface area contributed by atoms with Crippen LogP contribution in [0, 0.1) is 10.1 Å². The van der Waals surface area contributed by atoms with Crippen molar-refractivity contribution in [3.63, 3.8) is 0 Å².